The van der Waals surface area contributed by atoms with Crippen molar-refractivity contribution < 1.29 is 26.7 Å². The smallest absolute Gasteiger partial charge is 0.318 e. The monoisotopic (exact) mass is 333 g/mol. The number of aliphatic carboxylic acids is 1. The lowest BCUT2D eigenvalue weighted by Gasteiger charge is -2.25. The molecule has 1 aromatic carbocycles. The molecular formula is C12H15NO6S2. The molecule has 1 heterocycles. The van der Waals surface area contributed by atoms with Crippen LogP contribution in [0.15, 0.2) is 35.2 Å². The second kappa shape index (κ2) is 5.74. The number of benzene rings is 1. The van der Waals surface area contributed by atoms with E-state index < -0.39 is 38.4 Å². The third-order valence-electron chi connectivity index (χ3n) is 3.26. The van der Waals surface area contributed by atoms with Crippen molar-refractivity contribution in [2.75, 3.05) is 18.1 Å². The van der Waals surface area contributed by atoms with Crippen LogP contribution in [-0.4, -0.2) is 56.3 Å². The van der Waals surface area contributed by atoms with Crippen LogP contribution >= 0.6 is 0 Å². The maximum atomic E-state index is 12.5. The molecule has 7 nitrogen and oxygen atoms in total. The Hall–Kier alpha value is -1.45. The molecule has 0 spiro atoms. The van der Waals surface area contributed by atoms with Gasteiger partial charge in [0.1, 0.15) is 6.54 Å². The topological polar surface area (TPSA) is 109 Å². The van der Waals surface area contributed by atoms with E-state index in [1.807, 2.05) is 0 Å². The summed E-state index contributed by atoms with van der Waals surface area (Å²) in [7, 11) is -7.36. The van der Waals surface area contributed by atoms with Crippen LogP contribution < -0.4 is 0 Å². The average molecular weight is 333 g/mol. The molecule has 0 bridgehead atoms. The fourth-order valence-electron chi connectivity index (χ4n) is 2.27. The predicted octanol–water partition coefficient (Wildman–Crippen LogP) is -0.0510. The molecule has 1 aliphatic heterocycles. The fraction of sp³-hybridized carbons (Fsp3) is 0.417. The molecule has 0 aliphatic carbocycles. The van der Waals surface area contributed by atoms with Crippen LogP contribution in [0.1, 0.15) is 6.42 Å². The van der Waals surface area contributed by atoms with Crippen molar-refractivity contribution in [1.29, 1.82) is 0 Å². The van der Waals surface area contributed by atoms with Gasteiger partial charge in [-0.15, -0.1) is 0 Å². The molecule has 0 radical (unpaired) electrons. The van der Waals surface area contributed by atoms with Gasteiger partial charge >= 0.3 is 5.97 Å². The maximum absolute atomic E-state index is 12.5. The summed E-state index contributed by atoms with van der Waals surface area (Å²) in [6.07, 6.45) is 0.113. The van der Waals surface area contributed by atoms with Crippen LogP contribution in [-0.2, 0) is 24.7 Å². The Morgan fingerprint density at radius 2 is 1.90 bits per heavy atom. The Morgan fingerprint density at radius 3 is 2.38 bits per heavy atom. The van der Waals surface area contributed by atoms with E-state index >= 15 is 0 Å². The highest BCUT2D eigenvalue weighted by atomic mass is 32.2. The number of sulfone groups is 1. The van der Waals surface area contributed by atoms with Gasteiger partial charge in [-0.1, -0.05) is 18.2 Å². The number of nitrogens with zero attached hydrogens (tertiary/aromatic N) is 1. The molecular weight excluding hydrogens is 318 g/mol. The lowest BCUT2D eigenvalue weighted by Crippen LogP contribution is -2.44. The molecule has 1 N–H and O–H groups in total. The second-order valence-electron chi connectivity index (χ2n) is 4.81. The van der Waals surface area contributed by atoms with Crippen LogP contribution in [0.3, 0.4) is 0 Å². The summed E-state index contributed by atoms with van der Waals surface area (Å²) in [5.74, 6) is -1.79. The van der Waals surface area contributed by atoms with Crippen molar-refractivity contribution in [1.82, 2.24) is 4.31 Å². The molecule has 1 atom stereocenters. The Balaban J connectivity index is 2.39. The zero-order valence-corrected chi connectivity index (χ0v) is 12.7. The number of sulfonamides is 1. The summed E-state index contributed by atoms with van der Waals surface area (Å²) in [4.78, 5) is 10.9. The molecule has 116 valence electrons. The summed E-state index contributed by atoms with van der Waals surface area (Å²) >= 11 is 0. The SMILES string of the molecule is O=C(O)CN([C@@H]1CCS(=O)(=O)C1)S(=O)(=O)c1ccccc1. The zero-order valence-electron chi connectivity index (χ0n) is 11.0. The van der Waals surface area contributed by atoms with Crippen LogP contribution in [0.5, 0.6) is 0 Å². The average Bonchev–Trinajstić information content (AvgIpc) is 2.76. The molecule has 1 fully saturated rings. The van der Waals surface area contributed by atoms with Crippen molar-refractivity contribution in [3.8, 4) is 0 Å². The third-order valence-corrected chi connectivity index (χ3v) is 6.92. The molecule has 21 heavy (non-hydrogen) atoms. The molecule has 1 aliphatic rings. The lowest BCUT2D eigenvalue weighted by molar-refractivity contribution is -0.137. The van der Waals surface area contributed by atoms with E-state index in [9.17, 15) is 21.6 Å². The summed E-state index contributed by atoms with van der Waals surface area (Å²) in [5.41, 5.74) is 0. The van der Waals surface area contributed by atoms with Gasteiger partial charge in [0.15, 0.2) is 9.84 Å². The minimum atomic E-state index is -4.04. The fourth-order valence-corrected chi connectivity index (χ4v) is 5.72. The van der Waals surface area contributed by atoms with E-state index in [0.717, 1.165) is 4.31 Å². The van der Waals surface area contributed by atoms with Crippen molar-refractivity contribution in [2.45, 2.75) is 17.4 Å². The molecule has 0 aromatic heterocycles. The summed E-state index contributed by atoms with van der Waals surface area (Å²) < 4.78 is 48.9. The normalized spacial score (nSPS) is 21.5. The highest BCUT2D eigenvalue weighted by molar-refractivity contribution is 7.92. The number of hydrogen-bond donors (Lipinski definition) is 1. The lowest BCUT2D eigenvalue weighted by atomic mass is 10.2. The summed E-state index contributed by atoms with van der Waals surface area (Å²) in [6, 6.07) is 6.56. The first kappa shape index (κ1) is 15.9. The summed E-state index contributed by atoms with van der Waals surface area (Å²) in [5, 5.41) is 8.93. The van der Waals surface area contributed by atoms with Crippen LogP contribution in [0.25, 0.3) is 0 Å². The molecule has 2 rings (SSSR count). The van der Waals surface area contributed by atoms with Crippen molar-refractivity contribution >= 4 is 25.8 Å². The first-order valence-corrected chi connectivity index (χ1v) is 9.48. The van der Waals surface area contributed by atoms with E-state index in [0.29, 0.717) is 0 Å². The summed E-state index contributed by atoms with van der Waals surface area (Å²) in [6.45, 7) is -0.753. The Bertz CT molecular complexity index is 726. The van der Waals surface area contributed by atoms with Crippen LogP contribution in [0.2, 0.25) is 0 Å². The first-order chi connectivity index (χ1) is 9.72. The highest BCUT2D eigenvalue weighted by Crippen LogP contribution is 2.24. The van der Waals surface area contributed by atoms with E-state index in [-0.39, 0.29) is 22.8 Å². The standard InChI is InChI=1S/C12H15NO6S2/c14-12(15)8-13(10-6-7-20(16,17)9-10)21(18,19)11-4-2-1-3-5-11/h1-5,10H,6-9H2,(H,14,15)/t10-/m1/s1. The molecule has 1 aromatic rings. The Labute approximate surface area is 123 Å². The van der Waals surface area contributed by atoms with Crippen LogP contribution in [0, 0.1) is 0 Å². The van der Waals surface area contributed by atoms with E-state index in [2.05, 4.69) is 0 Å². The Morgan fingerprint density at radius 1 is 1.29 bits per heavy atom. The molecule has 9 heteroatoms. The van der Waals surface area contributed by atoms with E-state index in [4.69, 9.17) is 5.11 Å². The first-order valence-electron chi connectivity index (χ1n) is 6.21. The van der Waals surface area contributed by atoms with Crippen LogP contribution in [0.4, 0.5) is 0 Å². The number of carboxylic acids is 1. The number of carboxylic acid groups (broad SMARTS) is 1. The number of carbonyl (C=O) groups is 1. The van der Waals surface area contributed by atoms with Gasteiger partial charge in [0.25, 0.3) is 0 Å². The van der Waals surface area contributed by atoms with Gasteiger partial charge in [-0.05, 0) is 18.6 Å². The maximum Gasteiger partial charge on any atom is 0.318 e. The van der Waals surface area contributed by atoms with E-state index in [1.54, 1.807) is 6.07 Å². The second-order valence-corrected chi connectivity index (χ2v) is 8.93. The quantitative estimate of drug-likeness (QED) is 0.809. The molecule has 0 unspecified atom stereocenters. The largest absolute Gasteiger partial charge is 0.480 e. The minimum absolute atomic E-state index is 0.0458. The van der Waals surface area contributed by atoms with Crippen molar-refractivity contribution in [3.05, 3.63) is 30.3 Å². The van der Waals surface area contributed by atoms with Gasteiger partial charge in [0.2, 0.25) is 10.0 Å². The van der Waals surface area contributed by atoms with Gasteiger partial charge in [-0.3, -0.25) is 4.79 Å². The number of hydrogen-bond acceptors (Lipinski definition) is 5. The van der Waals surface area contributed by atoms with Crippen molar-refractivity contribution in [2.24, 2.45) is 0 Å². The van der Waals surface area contributed by atoms with Gasteiger partial charge in [0, 0.05) is 6.04 Å². The van der Waals surface area contributed by atoms with Gasteiger partial charge in [0.05, 0.1) is 16.4 Å². The minimum Gasteiger partial charge on any atom is -0.480 e. The molecule has 1 saturated heterocycles. The van der Waals surface area contributed by atoms with Crippen molar-refractivity contribution in [3.63, 3.8) is 0 Å². The molecule has 0 amide bonds. The predicted molar refractivity (Wildman–Crippen MR) is 75.0 cm³/mol. The van der Waals surface area contributed by atoms with Gasteiger partial charge in [-0.25, -0.2) is 16.8 Å². The van der Waals surface area contributed by atoms with Gasteiger partial charge < -0.3 is 5.11 Å². The van der Waals surface area contributed by atoms with E-state index in [1.165, 1.54) is 24.3 Å². The Kier molecular flexibility index (Phi) is 4.35. The highest BCUT2D eigenvalue weighted by Gasteiger charge is 2.39. The molecule has 0 saturated carbocycles. The third kappa shape index (κ3) is 3.60. The number of rotatable bonds is 5. The van der Waals surface area contributed by atoms with Gasteiger partial charge in [-0.2, -0.15) is 4.31 Å². The zero-order chi connectivity index (χ0) is 15.7.